The number of rotatable bonds is 10. The average molecular weight is 433 g/mol. The lowest BCUT2D eigenvalue weighted by atomic mass is 10.1. The van der Waals surface area contributed by atoms with E-state index in [2.05, 4.69) is 10.6 Å². The molecule has 0 bridgehead atoms. The van der Waals surface area contributed by atoms with Gasteiger partial charge in [0.1, 0.15) is 23.2 Å². The minimum absolute atomic E-state index is 0.0488. The van der Waals surface area contributed by atoms with E-state index >= 15 is 0 Å². The number of carbonyl (C=O) groups is 3. The van der Waals surface area contributed by atoms with E-state index in [0.717, 1.165) is 17.8 Å². The number of fused-ring (bicyclic) bond motifs is 1. The molecule has 2 N–H and O–H groups in total. The van der Waals surface area contributed by atoms with Crippen molar-refractivity contribution in [1.29, 1.82) is 5.26 Å². The van der Waals surface area contributed by atoms with Gasteiger partial charge in [0, 0.05) is 12.0 Å². The Hall–Kier alpha value is -4.12. The summed E-state index contributed by atoms with van der Waals surface area (Å²) in [7, 11) is 0. The molecule has 1 heterocycles. The maximum Gasteiger partial charge on any atom is 0.306 e. The first kappa shape index (κ1) is 22.6. The summed E-state index contributed by atoms with van der Waals surface area (Å²) < 4.78 is 10.4. The Labute approximate surface area is 185 Å². The Balaban J connectivity index is 1.47. The van der Waals surface area contributed by atoms with Crippen LogP contribution in [0.15, 0.2) is 59.9 Å². The van der Waals surface area contributed by atoms with E-state index in [1.165, 1.54) is 0 Å². The van der Waals surface area contributed by atoms with Crippen molar-refractivity contribution >= 4 is 28.9 Å². The van der Waals surface area contributed by atoms with E-state index in [1.807, 2.05) is 25.1 Å². The number of carbonyl (C=O) groups excluding carboxylic acids is 3. The van der Waals surface area contributed by atoms with Crippen molar-refractivity contribution in [3.63, 3.8) is 0 Å². The van der Waals surface area contributed by atoms with E-state index in [0.29, 0.717) is 17.9 Å². The molecule has 8 heteroatoms. The second-order valence-corrected chi connectivity index (χ2v) is 7.04. The van der Waals surface area contributed by atoms with Gasteiger partial charge in [-0.2, -0.15) is 5.26 Å². The lowest BCUT2D eigenvalue weighted by Gasteiger charge is -2.07. The fourth-order valence-electron chi connectivity index (χ4n) is 2.99. The Kier molecular flexibility index (Phi) is 7.60. The van der Waals surface area contributed by atoms with Gasteiger partial charge in [0.15, 0.2) is 12.4 Å². The minimum Gasteiger partial charge on any atom is -0.494 e. The van der Waals surface area contributed by atoms with Gasteiger partial charge < -0.3 is 20.1 Å². The number of nitrogens with one attached hydrogen (secondary N) is 2. The van der Waals surface area contributed by atoms with Crippen molar-refractivity contribution in [2.45, 2.75) is 26.2 Å². The Morgan fingerprint density at radius 3 is 2.22 bits per heavy atom. The third kappa shape index (κ3) is 5.73. The highest BCUT2D eigenvalue weighted by Gasteiger charge is 2.23. The first-order valence-electron chi connectivity index (χ1n) is 10.2. The van der Waals surface area contributed by atoms with Crippen molar-refractivity contribution in [2.75, 3.05) is 23.8 Å². The molecule has 0 atom stereocenters. The van der Waals surface area contributed by atoms with Crippen LogP contribution in [0, 0.1) is 11.3 Å². The SMILES string of the molecule is CCCOc1ccc(C(=O)CCC(=O)OCC(=O)C(C#N)=C2Nc3ccccc3N2)cc1. The summed E-state index contributed by atoms with van der Waals surface area (Å²) in [6.45, 7) is 2.02. The second-order valence-electron chi connectivity index (χ2n) is 7.04. The first-order chi connectivity index (χ1) is 15.5. The van der Waals surface area contributed by atoms with Gasteiger partial charge in [-0.25, -0.2) is 0 Å². The number of benzene rings is 2. The molecule has 0 saturated carbocycles. The Morgan fingerprint density at radius 1 is 0.969 bits per heavy atom. The van der Waals surface area contributed by atoms with E-state index in [-0.39, 0.29) is 30.0 Å². The number of para-hydroxylation sites is 2. The number of hydrogen-bond acceptors (Lipinski definition) is 8. The molecule has 0 fully saturated rings. The average Bonchev–Trinajstić information content (AvgIpc) is 3.24. The highest BCUT2D eigenvalue weighted by molar-refractivity contribution is 6.03. The van der Waals surface area contributed by atoms with Crippen molar-refractivity contribution in [3.8, 4) is 11.8 Å². The summed E-state index contributed by atoms with van der Waals surface area (Å²) in [5.41, 5.74) is 1.77. The highest BCUT2D eigenvalue weighted by atomic mass is 16.5. The zero-order valence-corrected chi connectivity index (χ0v) is 17.6. The van der Waals surface area contributed by atoms with Crippen LogP contribution in [0.2, 0.25) is 0 Å². The number of hydrogen-bond donors (Lipinski definition) is 2. The summed E-state index contributed by atoms with van der Waals surface area (Å²) in [6, 6.07) is 15.8. The van der Waals surface area contributed by atoms with Crippen LogP contribution in [-0.2, 0) is 14.3 Å². The Morgan fingerprint density at radius 2 is 1.62 bits per heavy atom. The molecule has 0 unspecified atom stereocenters. The third-order valence-electron chi connectivity index (χ3n) is 4.66. The summed E-state index contributed by atoms with van der Waals surface area (Å²) in [5, 5.41) is 15.3. The molecule has 164 valence electrons. The quantitative estimate of drug-likeness (QED) is 0.251. The van der Waals surface area contributed by atoms with E-state index < -0.39 is 18.4 Å². The number of nitriles is 1. The van der Waals surface area contributed by atoms with Gasteiger partial charge in [-0.1, -0.05) is 19.1 Å². The zero-order valence-electron chi connectivity index (χ0n) is 17.6. The topological polar surface area (TPSA) is 118 Å². The Bertz CT molecular complexity index is 1060. The number of Topliss-reactive ketones (excluding diaryl/α,β-unsaturated/α-hetero) is 2. The summed E-state index contributed by atoms with van der Waals surface area (Å²) in [6.07, 6.45) is 0.673. The summed E-state index contributed by atoms with van der Waals surface area (Å²) >= 11 is 0. The lowest BCUT2D eigenvalue weighted by Crippen LogP contribution is -2.19. The van der Waals surface area contributed by atoms with Gasteiger partial charge in [0.2, 0.25) is 5.78 Å². The molecular weight excluding hydrogens is 410 g/mol. The smallest absolute Gasteiger partial charge is 0.306 e. The highest BCUT2D eigenvalue weighted by Crippen LogP contribution is 2.31. The predicted octanol–water partition coefficient (Wildman–Crippen LogP) is 3.82. The minimum atomic E-state index is -0.687. The van der Waals surface area contributed by atoms with E-state index in [1.54, 1.807) is 36.4 Å². The number of ether oxygens (including phenoxy) is 2. The molecule has 0 aliphatic carbocycles. The van der Waals surface area contributed by atoms with Gasteiger partial charge in [-0.3, -0.25) is 14.4 Å². The molecule has 1 aliphatic heterocycles. The molecule has 1 aliphatic rings. The molecule has 0 spiro atoms. The largest absolute Gasteiger partial charge is 0.494 e. The van der Waals surface area contributed by atoms with Gasteiger partial charge in [-0.05, 0) is 42.8 Å². The van der Waals surface area contributed by atoms with Crippen LogP contribution in [-0.4, -0.2) is 30.7 Å². The summed E-state index contributed by atoms with van der Waals surface area (Å²) in [5.74, 6) is -0.619. The molecule has 0 aromatic heterocycles. The van der Waals surface area contributed by atoms with Crippen LogP contribution in [0.4, 0.5) is 11.4 Å². The molecule has 0 radical (unpaired) electrons. The molecule has 0 saturated heterocycles. The molecule has 2 aromatic carbocycles. The van der Waals surface area contributed by atoms with Crippen LogP contribution in [0.1, 0.15) is 36.5 Å². The van der Waals surface area contributed by atoms with Crippen LogP contribution in [0.3, 0.4) is 0 Å². The van der Waals surface area contributed by atoms with Crippen molar-refractivity contribution < 1.29 is 23.9 Å². The van der Waals surface area contributed by atoms with Crippen LogP contribution in [0.25, 0.3) is 0 Å². The molecule has 8 nitrogen and oxygen atoms in total. The number of esters is 1. The van der Waals surface area contributed by atoms with Crippen LogP contribution in [0.5, 0.6) is 5.75 Å². The van der Waals surface area contributed by atoms with Crippen LogP contribution >= 0.6 is 0 Å². The number of nitrogens with zero attached hydrogens (tertiary/aromatic N) is 1. The maximum atomic E-state index is 12.4. The second kappa shape index (κ2) is 10.8. The van der Waals surface area contributed by atoms with Crippen molar-refractivity contribution in [1.82, 2.24) is 0 Å². The van der Waals surface area contributed by atoms with Crippen molar-refractivity contribution in [3.05, 3.63) is 65.5 Å². The molecule has 3 rings (SSSR count). The van der Waals surface area contributed by atoms with Crippen molar-refractivity contribution in [2.24, 2.45) is 0 Å². The molecular formula is C24H23N3O5. The summed E-state index contributed by atoms with van der Waals surface area (Å²) in [4.78, 5) is 36.6. The van der Waals surface area contributed by atoms with E-state index in [4.69, 9.17) is 9.47 Å². The van der Waals surface area contributed by atoms with Gasteiger partial charge in [0.25, 0.3) is 0 Å². The lowest BCUT2D eigenvalue weighted by molar-refractivity contribution is -0.147. The normalized spacial score (nSPS) is 11.4. The predicted molar refractivity (Wildman–Crippen MR) is 118 cm³/mol. The fourth-order valence-corrected chi connectivity index (χ4v) is 2.99. The van der Waals surface area contributed by atoms with E-state index in [9.17, 15) is 19.6 Å². The fraction of sp³-hybridized carbons (Fsp3) is 0.250. The molecule has 0 amide bonds. The standard InChI is InChI=1S/C24H23N3O5/c1-2-13-31-17-9-7-16(8-10-17)21(28)11-12-23(30)32-15-22(29)18(14-25)24-26-19-5-3-4-6-20(19)27-24/h3-10,26-27H,2,11-13,15H2,1H3. The molecule has 32 heavy (non-hydrogen) atoms. The third-order valence-corrected chi connectivity index (χ3v) is 4.66. The van der Waals surface area contributed by atoms with Gasteiger partial charge >= 0.3 is 5.97 Å². The number of anilines is 2. The van der Waals surface area contributed by atoms with Gasteiger partial charge in [0.05, 0.1) is 24.4 Å². The maximum absolute atomic E-state index is 12.4. The molecule has 2 aromatic rings. The zero-order chi connectivity index (χ0) is 22.9. The van der Waals surface area contributed by atoms with Gasteiger partial charge in [-0.15, -0.1) is 0 Å². The van der Waals surface area contributed by atoms with Crippen LogP contribution < -0.4 is 15.4 Å². The first-order valence-corrected chi connectivity index (χ1v) is 10.2. The monoisotopic (exact) mass is 433 g/mol. The number of ketones is 2.